The van der Waals surface area contributed by atoms with Crippen molar-refractivity contribution in [1.29, 1.82) is 0 Å². The predicted molar refractivity (Wildman–Crippen MR) is 61.6 cm³/mol. The number of rotatable bonds is 4. The molecule has 0 atom stereocenters. The summed E-state index contributed by atoms with van der Waals surface area (Å²) < 4.78 is 10.1. The van der Waals surface area contributed by atoms with Gasteiger partial charge in [-0.05, 0) is 20.8 Å². The van der Waals surface area contributed by atoms with Crippen LogP contribution >= 0.6 is 0 Å². The van der Waals surface area contributed by atoms with Crippen LogP contribution in [-0.2, 0) is 0 Å². The summed E-state index contributed by atoms with van der Waals surface area (Å²) in [5.41, 5.74) is 5.87. The number of nitrogens with zero attached hydrogens (tertiary/aromatic N) is 2. The SMILES string of the molecule is COc1cc(OC)nc(NNC(C)(C)C)n1. The van der Waals surface area contributed by atoms with E-state index in [0.717, 1.165) is 0 Å². The Kier molecular flexibility index (Phi) is 3.89. The van der Waals surface area contributed by atoms with Gasteiger partial charge in [-0.15, -0.1) is 0 Å². The minimum absolute atomic E-state index is 0.0837. The average molecular weight is 226 g/mol. The topological polar surface area (TPSA) is 68.3 Å². The van der Waals surface area contributed by atoms with E-state index in [9.17, 15) is 0 Å². The monoisotopic (exact) mass is 226 g/mol. The number of ether oxygens (including phenoxy) is 2. The standard InChI is InChI=1S/C10H18N4O2/c1-10(2,3)14-13-9-11-7(15-4)6-8(12-9)16-5/h6,14H,1-5H3,(H,11,12,13). The zero-order valence-electron chi connectivity index (χ0n) is 10.3. The molecule has 0 saturated carbocycles. The zero-order chi connectivity index (χ0) is 12.2. The van der Waals surface area contributed by atoms with Gasteiger partial charge >= 0.3 is 0 Å². The number of aromatic nitrogens is 2. The van der Waals surface area contributed by atoms with E-state index in [0.29, 0.717) is 17.7 Å². The maximum atomic E-state index is 5.03. The van der Waals surface area contributed by atoms with Crippen LogP contribution in [0.4, 0.5) is 5.95 Å². The Hall–Kier alpha value is -1.56. The lowest BCUT2D eigenvalue weighted by Gasteiger charge is -2.21. The van der Waals surface area contributed by atoms with Crippen molar-refractivity contribution in [2.75, 3.05) is 19.6 Å². The maximum Gasteiger partial charge on any atom is 0.243 e. The van der Waals surface area contributed by atoms with Crippen LogP contribution in [0.25, 0.3) is 0 Å². The molecule has 90 valence electrons. The number of hydrazine groups is 1. The van der Waals surface area contributed by atoms with E-state index >= 15 is 0 Å². The van der Waals surface area contributed by atoms with E-state index in [1.165, 1.54) is 0 Å². The molecule has 0 aliphatic rings. The summed E-state index contributed by atoms with van der Waals surface area (Å²) in [5.74, 6) is 1.31. The van der Waals surface area contributed by atoms with E-state index in [4.69, 9.17) is 9.47 Å². The Labute approximate surface area is 95.4 Å². The Morgan fingerprint density at radius 1 is 1.06 bits per heavy atom. The lowest BCUT2D eigenvalue weighted by Crippen LogP contribution is -2.40. The summed E-state index contributed by atoms with van der Waals surface area (Å²) in [4.78, 5) is 8.23. The van der Waals surface area contributed by atoms with Crippen molar-refractivity contribution >= 4 is 5.95 Å². The van der Waals surface area contributed by atoms with Crippen LogP contribution in [0.5, 0.6) is 11.8 Å². The third-order valence-corrected chi connectivity index (χ3v) is 1.65. The predicted octanol–water partition coefficient (Wildman–Crippen LogP) is 1.21. The molecular weight excluding hydrogens is 208 g/mol. The maximum absolute atomic E-state index is 5.03. The molecule has 16 heavy (non-hydrogen) atoms. The zero-order valence-corrected chi connectivity index (χ0v) is 10.3. The molecule has 2 N–H and O–H groups in total. The van der Waals surface area contributed by atoms with E-state index in [1.54, 1.807) is 20.3 Å². The van der Waals surface area contributed by atoms with E-state index in [2.05, 4.69) is 20.8 Å². The van der Waals surface area contributed by atoms with Gasteiger partial charge in [0.1, 0.15) is 0 Å². The highest BCUT2D eigenvalue weighted by Crippen LogP contribution is 2.16. The summed E-state index contributed by atoms with van der Waals surface area (Å²) in [5, 5.41) is 0. The fraction of sp³-hybridized carbons (Fsp3) is 0.600. The van der Waals surface area contributed by atoms with Crippen LogP contribution < -0.4 is 20.3 Å². The second kappa shape index (κ2) is 4.98. The smallest absolute Gasteiger partial charge is 0.243 e. The van der Waals surface area contributed by atoms with E-state index in [-0.39, 0.29) is 5.54 Å². The number of anilines is 1. The highest BCUT2D eigenvalue weighted by atomic mass is 16.5. The van der Waals surface area contributed by atoms with Gasteiger partial charge in [-0.3, -0.25) is 5.43 Å². The van der Waals surface area contributed by atoms with Crippen LogP contribution in [0.3, 0.4) is 0 Å². The minimum Gasteiger partial charge on any atom is -0.481 e. The van der Waals surface area contributed by atoms with Crippen molar-refractivity contribution < 1.29 is 9.47 Å². The van der Waals surface area contributed by atoms with Crippen LogP contribution in [-0.4, -0.2) is 29.7 Å². The summed E-state index contributed by atoms with van der Waals surface area (Å²) >= 11 is 0. The molecule has 6 heteroatoms. The highest BCUT2D eigenvalue weighted by Gasteiger charge is 2.10. The second-order valence-electron chi connectivity index (χ2n) is 4.28. The first-order valence-electron chi connectivity index (χ1n) is 4.95. The molecule has 1 aromatic rings. The number of methoxy groups -OCH3 is 2. The van der Waals surface area contributed by atoms with Crippen molar-refractivity contribution in [2.45, 2.75) is 26.3 Å². The Morgan fingerprint density at radius 3 is 1.94 bits per heavy atom. The molecular formula is C10H18N4O2. The number of hydrogen-bond donors (Lipinski definition) is 2. The van der Waals surface area contributed by atoms with Crippen LogP contribution in [0.2, 0.25) is 0 Å². The Morgan fingerprint density at radius 2 is 1.56 bits per heavy atom. The summed E-state index contributed by atoms with van der Waals surface area (Å²) in [7, 11) is 3.09. The fourth-order valence-electron chi connectivity index (χ4n) is 0.912. The van der Waals surface area contributed by atoms with Crippen LogP contribution in [0.15, 0.2) is 6.07 Å². The second-order valence-corrected chi connectivity index (χ2v) is 4.28. The Bertz CT molecular complexity index is 327. The quantitative estimate of drug-likeness (QED) is 0.752. The van der Waals surface area contributed by atoms with Gasteiger partial charge in [0.15, 0.2) is 0 Å². The van der Waals surface area contributed by atoms with Crippen molar-refractivity contribution in [3.63, 3.8) is 0 Å². The number of nitrogens with one attached hydrogen (secondary N) is 2. The molecule has 0 radical (unpaired) electrons. The molecule has 0 aliphatic carbocycles. The molecule has 0 aromatic carbocycles. The first kappa shape index (κ1) is 12.5. The average Bonchev–Trinajstić information content (AvgIpc) is 2.25. The van der Waals surface area contributed by atoms with Crippen molar-refractivity contribution in [3.05, 3.63) is 6.07 Å². The molecule has 1 rings (SSSR count). The molecule has 1 aromatic heterocycles. The van der Waals surface area contributed by atoms with Gasteiger partial charge < -0.3 is 9.47 Å². The van der Waals surface area contributed by atoms with Crippen LogP contribution in [0.1, 0.15) is 20.8 Å². The normalized spacial score (nSPS) is 11.1. The third kappa shape index (κ3) is 3.90. The summed E-state index contributed by atoms with van der Waals surface area (Å²) in [6.07, 6.45) is 0. The first-order chi connectivity index (χ1) is 7.44. The van der Waals surface area contributed by atoms with Gasteiger partial charge in [0, 0.05) is 5.54 Å². The largest absolute Gasteiger partial charge is 0.481 e. The molecule has 0 spiro atoms. The molecule has 0 aliphatic heterocycles. The fourth-order valence-corrected chi connectivity index (χ4v) is 0.912. The van der Waals surface area contributed by atoms with Gasteiger partial charge in [-0.1, -0.05) is 0 Å². The van der Waals surface area contributed by atoms with Gasteiger partial charge in [0.05, 0.1) is 20.3 Å². The van der Waals surface area contributed by atoms with Gasteiger partial charge in [-0.25, -0.2) is 5.43 Å². The molecule has 0 unspecified atom stereocenters. The van der Waals surface area contributed by atoms with Gasteiger partial charge in [-0.2, -0.15) is 9.97 Å². The van der Waals surface area contributed by atoms with Crippen molar-refractivity contribution in [2.24, 2.45) is 0 Å². The van der Waals surface area contributed by atoms with Crippen molar-refractivity contribution in [3.8, 4) is 11.8 Å². The third-order valence-electron chi connectivity index (χ3n) is 1.65. The van der Waals surface area contributed by atoms with E-state index in [1.807, 2.05) is 20.8 Å². The van der Waals surface area contributed by atoms with Crippen LogP contribution in [0, 0.1) is 0 Å². The van der Waals surface area contributed by atoms with Crippen molar-refractivity contribution in [1.82, 2.24) is 15.4 Å². The first-order valence-corrected chi connectivity index (χ1v) is 4.95. The minimum atomic E-state index is -0.0837. The molecule has 1 heterocycles. The van der Waals surface area contributed by atoms with Gasteiger partial charge in [0.25, 0.3) is 0 Å². The number of hydrogen-bond acceptors (Lipinski definition) is 6. The highest BCUT2D eigenvalue weighted by molar-refractivity contribution is 5.32. The molecule has 0 bridgehead atoms. The van der Waals surface area contributed by atoms with Gasteiger partial charge in [0.2, 0.25) is 17.7 Å². The molecule has 0 saturated heterocycles. The summed E-state index contributed by atoms with van der Waals surface area (Å²) in [6.45, 7) is 6.08. The summed E-state index contributed by atoms with van der Waals surface area (Å²) in [6, 6.07) is 1.61. The van der Waals surface area contributed by atoms with E-state index < -0.39 is 0 Å². The molecule has 0 fully saturated rings. The lowest BCUT2D eigenvalue weighted by molar-refractivity contribution is 0.371. The lowest BCUT2D eigenvalue weighted by atomic mass is 10.1. The molecule has 0 amide bonds. The molecule has 6 nitrogen and oxygen atoms in total. The Balaban J connectivity index is 2.79.